The van der Waals surface area contributed by atoms with E-state index in [0.717, 1.165) is 25.5 Å². The molecule has 3 N–H and O–H groups in total. The number of guanidine groups is 1. The Balaban J connectivity index is 0.00000529. The topological polar surface area (TPSA) is 74.8 Å². The van der Waals surface area contributed by atoms with Gasteiger partial charge in [0.05, 0.1) is 0 Å². The van der Waals surface area contributed by atoms with Gasteiger partial charge in [-0.1, -0.05) is 13.3 Å². The van der Waals surface area contributed by atoms with Crippen molar-refractivity contribution in [1.82, 2.24) is 16.0 Å². The number of aliphatic imine (C=N–C) groups is 1. The summed E-state index contributed by atoms with van der Waals surface area (Å²) in [5.41, 5.74) is 0.0148. The molecule has 0 heterocycles. The van der Waals surface area contributed by atoms with E-state index in [1.54, 1.807) is 7.05 Å². The Labute approximate surface area is 164 Å². The second-order valence-corrected chi connectivity index (χ2v) is 7.34. The van der Waals surface area contributed by atoms with Gasteiger partial charge in [0.2, 0.25) is 0 Å². The highest BCUT2D eigenvalue weighted by Crippen LogP contribution is 2.42. The zero-order valence-electron chi connectivity index (χ0n) is 15.8. The minimum atomic E-state index is -0.453. The average molecular weight is 454 g/mol. The van der Waals surface area contributed by atoms with Crippen LogP contribution in [0.4, 0.5) is 4.79 Å². The minimum absolute atomic E-state index is 0. The van der Waals surface area contributed by atoms with Crippen molar-refractivity contribution in [3.8, 4) is 0 Å². The van der Waals surface area contributed by atoms with Crippen LogP contribution in [0.2, 0.25) is 0 Å². The van der Waals surface area contributed by atoms with Crippen LogP contribution >= 0.6 is 24.0 Å². The lowest BCUT2D eigenvalue weighted by Crippen LogP contribution is -2.46. The van der Waals surface area contributed by atoms with Gasteiger partial charge in [-0.05, 0) is 51.9 Å². The lowest BCUT2D eigenvalue weighted by Gasteiger charge is -2.41. The van der Waals surface area contributed by atoms with Crippen LogP contribution in [0.5, 0.6) is 0 Å². The Morgan fingerprint density at radius 3 is 2.25 bits per heavy atom. The fourth-order valence-electron chi connectivity index (χ4n) is 2.62. The van der Waals surface area contributed by atoms with E-state index < -0.39 is 5.60 Å². The molecule has 0 saturated heterocycles. The first kappa shape index (κ1) is 23.3. The van der Waals surface area contributed by atoms with Crippen molar-refractivity contribution >= 4 is 36.0 Å². The molecule has 1 aliphatic carbocycles. The largest absolute Gasteiger partial charge is 0.444 e. The molecule has 0 aromatic carbocycles. The Morgan fingerprint density at radius 1 is 1.17 bits per heavy atom. The fourth-order valence-corrected chi connectivity index (χ4v) is 2.62. The van der Waals surface area contributed by atoms with Crippen molar-refractivity contribution in [1.29, 1.82) is 0 Å². The van der Waals surface area contributed by atoms with Crippen LogP contribution in [0.15, 0.2) is 4.99 Å². The zero-order valence-corrected chi connectivity index (χ0v) is 18.2. The lowest BCUT2D eigenvalue weighted by atomic mass is 9.67. The monoisotopic (exact) mass is 454 g/mol. The number of nitrogens with one attached hydrogen (secondary N) is 3. The number of rotatable bonds is 7. The van der Waals surface area contributed by atoms with Crippen LogP contribution in [0, 0.1) is 5.41 Å². The number of amides is 1. The van der Waals surface area contributed by atoms with Crippen LogP contribution in [0.3, 0.4) is 0 Å². The van der Waals surface area contributed by atoms with Gasteiger partial charge in [-0.25, -0.2) is 4.79 Å². The summed E-state index contributed by atoms with van der Waals surface area (Å²) in [6.45, 7) is 10.2. The van der Waals surface area contributed by atoms with Crippen molar-refractivity contribution in [3.05, 3.63) is 0 Å². The molecule has 0 atom stereocenters. The van der Waals surface area contributed by atoms with Crippen LogP contribution in [0.1, 0.15) is 59.8 Å². The molecule has 0 aliphatic heterocycles. The van der Waals surface area contributed by atoms with E-state index in [1.807, 2.05) is 20.8 Å². The number of hydrogen-bond acceptors (Lipinski definition) is 3. The van der Waals surface area contributed by atoms with Crippen molar-refractivity contribution < 1.29 is 9.53 Å². The van der Waals surface area contributed by atoms with Gasteiger partial charge in [0, 0.05) is 26.7 Å². The maximum Gasteiger partial charge on any atom is 0.407 e. The van der Waals surface area contributed by atoms with Gasteiger partial charge in [0.15, 0.2) is 5.96 Å². The Hall–Kier alpha value is -0.730. The van der Waals surface area contributed by atoms with Crippen molar-refractivity contribution in [2.75, 3.05) is 26.7 Å². The molecule has 1 amide bonds. The SMILES string of the molecule is CCC1(CNC(=NC)NCCCNC(=O)OC(C)(C)C)CCC1.I. The Morgan fingerprint density at radius 2 is 1.79 bits per heavy atom. The molecule has 0 radical (unpaired) electrons. The van der Waals surface area contributed by atoms with Gasteiger partial charge in [-0.2, -0.15) is 0 Å². The number of alkyl carbamates (subject to hydrolysis) is 1. The Kier molecular flexibility index (Phi) is 10.7. The summed E-state index contributed by atoms with van der Waals surface area (Å²) >= 11 is 0. The highest BCUT2D eigenvalue weighted by Gasteiger charge is 2.34. The quantitative estimate of drug-likeness (QED) is 0.239. The number of nitrogens with zero attached hydrogens (tertiary/aromatic N) is 1. The predicted octanol–water partition coefficient (Wildman–Crippen LogP) is 3.26. The van der Waals surface area contributed by atoms with Crippen LogP contribution in [-0.2, 0) is 4.74 Å². The van der Waals surface area contributed by atoms with E-state index in [0.29, 0.717) is 12.0 Å². The maximum absolute atomic E-state index is 11.5. The van der Waals surface area contributed by atoms with Gasteiger partial charge in [0.1, 0.15) is 5.60 Å². The first-order valence-electron chi connectivity index (χ1n) is 8.72. The smallest absolute Gasteiger partial charge is 0.407 e. The van der Waals surface area contributed by atoms with Gasteiger partial charge in [0.25, 0.3) is 0 Å². The summed E-state index contributed by atoms with van der Waals surface area (Å²) in [6.07, 6.45) is 5.64. The number of halogens is 1. The summed E-state index contributed by atoms with van der Waals surface area (Å²) in [5.74, 6) is 0.835. The molecule has 1 rings (SSSR count). The molecule has 0 aromatic heterocycles. The third kappa shape index (κ3) is 8.94. The number of carbonyl (C=O) groups excluding carboxylic acids is 1. The number of hydrogen-bond donors (Lipinski definition) is 3. The van der Waals surface area contributed by atoms with Gasteiger partial charge < -0.3 is 20.7 Å². The molecule has 1 fully saturated rings. The second-order valence-electron chi connectivity index (χ2n) is 7.34. The molecule has 24 heavy (non-hydrogen) atoms. The molecule has 1 aliphatic rings. The number of carbonyl (C=O) groups is 1. The second kappa shape index (κ2) is 11.0. The fraction of sp³-hybridized carbons (Fsp3) is 0.882. The minimum Gasteiger partial charge on any atom is -0.444 e. The summed E-state index contributed by atoms with van der Waals surface area (Å²) in [6, 6.07) is 0. The van der Waals surface area contributed by atoms with Crippen molar-refractivity contribution in [3.63, 3.8) is 0 Å². The van der Waals surface area contributed by atoms with Crippen LogP contribution in [-0.4, -0.2) is 44.3 Å². The van der Waals surface area contributed by atoms with E-state index in [9.17, 15) is 4.79 Å². The van der Waals surface area contributed by atoms with Gasteiger partial charge >= 0.3 is 6.09 Å². The molecule has 1 saturated carbocycles. The summed E-state index contributed by atoms with van der Waals surface area (Å²) in [7, 11) is 1.79. The van der Waals surface area contributed by atoms with Crippen LogP contribution < -0.4 is 16.0 Å². The lowest BCUT2D eigenvalue weighted by molar-refractivity contribution is 0.0527. The Bertz CT molecular complexity index is 398. The van der Waals surface area contributed by atoms with Crippen molar-refractivity contribution in [2.45, 2.75) is 65.4 Å². The first-order chi connectivity index (χ1) is 10.8. The van der Waals surface area contributed by atoms with Gasteiger partial charge in [-0.3, -0.25) is 4.99 Å². The normalized spacial score (nSPS) is 16.5. The molecular weight excluding hydrogens is 419 g/mol. The first-order valence-corrected chi connectivity index (χ1v) is 8.72. The van der Waals surface area contributed by atoms with Crippen molar-refractivity contribution in [2.24, 2.45) is 10.4 Å². The summed E-state index contributed by atoms with van der Waals surface area (Å²) in [5, 5.41) is 9.46. The molecule has 0 spiro atoms. The summed E-state index contributed by atoms with van der Waals surface area (Å²) in [4.78, 5) is 15.8. The predicted molar refractivity (Wildman–Crippen MR) is 110 cm³/mol. The molecule has 0 unspecified atom stereocenters. The summed E-state index contributed by atoms with van der Waals surface area (Å²) < 4.78 is 5.19. The van der Waals surface area contributed by atoms with Crippen LogP contribution in [0.25, 0.3) is 0 Å². The van der Waals surface area contributed by atoms with Gasteiger partial charge in [-0.15, -0.1) is 24.0 Å². The standard InChI is InChI=1S/C17H34N4O2.HI/c1-6-17(9-7-10-17)13-21-14(18-5)19-11-8-12-20-15(22)23-16(2,3)4;/h6-13H2,1-5H3,(H,20,22)(H2,18,19,21);1H. The molecule has 0 aromatic rings. The van der Waals surface area contributed by atoms with E-state index in [-0.39, 0.29) is 30.1 Å². The molecular formula is C17H35IN4O2. The maximum atomic E-state index is 11.5. The third-order valence-corrected chi connectivity index (χ3v) is 4.33. The molecule has 6 nitrogen and oxygen atoms in total. The highest BCUT2D eigenvalue weighted by atomic mass is 127. The van der Waals surface area contributed by atoms with E-state index in [2.05, 4.69) is 27.9 Å². The van der Waals surface area contributed by atoms with E-state index >= 15 is 0 Å². The average Bonchev–Trinajstić information content (AvgIpc) is 2.42. The third-order valence-electron chi connectivity index (χ3n) is 4.33. The highest BCUT2D eigenvalue weighted by molar-refractivity contribution is 14.0. The van der Waals surface area contributed by atoms with E-state index in [4.69, 9.17) is 4.74 Å². The molecule has 142 valence electrons. The van der Waals surface area contributed by atoms with E-state index in [1.165, 1.54) is 25.7 Å². The zero-order chi connectivity index (χ0) is 17.3. The molecule has 7 heteroatoms. The number of ether oxygens (including phenoxy) is 1. The molecule has 0 bridgehead atoms.